The van der Waals surface area contributed by atoms with Gasteiger partial charge in [0.15, 0.2) is 0 Å². The lowest BCUT2D eigenvalue weighted by Crippen LogP contribution is -3.05. The number of amidine groups is 1. The first kappa shape index (κ1) is 12.2. The molecule has 2 heterocycles. The summed E-state index contributed by atoms with van der Waals surface area (Å²) in [4.78, 5) is 29.4. The summed E-state index contributed by atoms with van der Waals surface area (Å²) in [6.45, 7) is 7.21. The summed E-state index contributed by atoms with van der Waals surface area (Å²) >= 11 is 0. The van der Waals surface area contributed by atoms with Gasteiger partial charge in [0.05, 0.1) is 6.42 Å². The largest absolute Gasteiger partial charge is 0.622 e. The van der Waals surface area contributed by atoms with Crippen molar-refractivity contribution < 1.29 is 5.06 Å². The van der Waals surface area contributed by atoms with Crippen LogP contribution in [0.2, 0.25) is 0 Å². The molecule has 2 N–H and O–H groups in total. The molecule has 0 aromatic carbocycles. The van der Waals surface area contributed by atoms with Gasteiger partial charge in [-0.15, -0.1) is 13.2 Å². The van der Waals surface area contributed by atoms with Crippen LogP contribution < -0.4 is 16.3 Å². The SMILES string of the molecule is C=CCC1=Nc2c(c(=O)[nH]c(=O)n2CC=C)[NH+]1[O-]. The molecule has 0 spiro atoms. The molecule has 1 unspecified atom stereocenters. The predicted octanol–water partition coefficient (Wildman–Crippen LogP) is -0.643. The average molecular weight is 248 g/mol. The highest BCUT2D eigenvalue weighted by molar-refractivity contribution is 5.85. The van der Waals surface area contributed by atoms with Crippen LogP contribution in [0.15, 0.2) is 39.9 Å². The van der Waals surface area contributed by atoms with E-state index in [9.17, 15) is 14.8 Å². The van der Waals surface area contributed by atoms with E-state index in [0.717, 1.165) is 0 Å². The molecule has 2 rings (SSSR count). The Morgan fingerprint density at radius 1 is 1.39 bits per heavy atom. The van der Waals surface area contributed by atoms with E-state index in [1.807, 2.05) is 0 Å². The molecule has 0 saturated carbocycles. The van der Waals surface area contributed by atoms with Gasteiger partial charge >= 0.3 is 11.2 Å². The second-order valence-corrected chi connectivity index (χ2v) is 3.74. The fourth-order valence-corrected chi connectivity index (χ4v) is 1.78. The topological polar surface area (TPSA) is 94.7 Å². The first-order chi connectivity index (χ1) is 8.60. The van der Waals surface area contributed by atoms with Gasteiger partial charge in [0.25, 0.3) is 0 Å². The normalized spacial score (nSPS) is 17.2. The van der Waals surface area contributed by atoms with Gasteiger partial charge in [0.2, 0.25) is 17.3 Å². The van der Waals surface area contributed by atoms with E-state index in [-0.39, 0.29) is 30.3 Å². The van der Waals surface area contributed by atoms with Crippen LogP contribution in [0.5, 0.6) is 0 Å². The number of allylic oxidation sites excluding steroid dienone is 1. The van der Waals surface area contributed by atoms with Gasteiger partial charge < -0.3 is 5.21 Å². The number of fused-ring (bicyclic) bond motifs is 1. The molecule has 1 aromatic rings. The van der Waals surface area contributed by atoms with Crippen LogP contribution in [0.4, 0.5) is 11.5 Å². The van der Waals surface area contributed by atoms with E-state index in [1.54, 1.807) is 0 Å². The summed E-state index contributed by atoms with van der Waals surface area (Å²) < 4.78 is 1.21. The van der Waals surface area contributed by atoms with Gasteiger partial charge in [-0.05, 0) is 0 Å². The maximum Gasteiger partial charge on any atom is 0.330 e. The third-order valence-electron chi connectivity index (χ3n) is 2.55. The van der Waals surface area contributed by atoms with E-state index >= 15 is 0 Å². The van der Waals surface area contributed by atoms with Crippen molar-refractivity contribution in [3.8, 4) is 0 Å². The quantitative estimate of drug-likeness (QED) is 0.548. The lowest BCUT2D eigenvalue weighted by atomic mass is 10.4. The van der Waals surface area contributed by atoms with Gasteiger partial charge in [-0.25, -0.2) is 4.79 Å². The number of quaternary nitrogens is 1. The molecule has 0 fully saturated rings. The monoisotopic (exact) mass is 248 g/mol. The van der Waals surface area contributed by atoms with Crippen molar-refractivity contribution in [3.63, 3.8) is 0 Å². The third-order valence-corrected chi connectivity index (χ3v) is 2.55. The van der Waals surface area contributed by atoms with Crippen molar-refractivity contribution in [2.45, 2.75) is 13.0 Å². The molecule has 94 valence electrons. The van der Waals surface area contributed by atoms with Crippen molar-refractivity contribution in [1.29, 1.82) is 0 Å². The van der Waals surface area contributed by atoms with E-state index in [0.29, 0.717) is 0 Å². The maximum absolute atomic E-state index is 11.9. The minimum atomic E-state index is -0.705. The Kier molecular flexibility index (Phi) is 3.09. The van der Waals surface area contributed by atoms with Crippen LogP contribution in [0.3, 0.4) is 0 Å². The Balaban J connectivity index is 2.69. The average Bonchev–Trinajstić information content (AvgIpc) is 2.63. The van der Waals surface area contributed by atoms with E-state index in [2.05, 4.69) is 23.1 Å². The lowest BCUT2D eigenvalue weighted by Gasteiger charge is -2.15. The number of rotatable bonds is 4. The van der Waals surface area contributed by atoms with Gasteiger partial charge in [0.1, 0.15) is 0 Å². The van der Waals surface area contributed by atoms with Crippen LogP contribution >= 0.6 is 0 Å². The summed E-state index contributed by atoms with van der Waals surface area (Å²) in [5.74, 6) is 0.319. The molecule has 1 aromatic heterocycles. The van der Waals surface area contributed by atoms with Crippen molar-refractivity contribution >= 4 is 17.3 Å². The summed E-state index contributed by atoms with van der Waals surface area (Å²) in [5.41, 5.74) is -1.40. The Labute approximate surface area is 102 Å². The molecular formula is C11H12N4O3. The second kappa shape index (κ2) is 4.55. The van der Waals surface area contributed by atoms with Crippen molar-refractivity contribution in [1.82, 2.24) is 9.55 Å². The molecule has 0 bridgehead atoms. The van der Waals surface area contributed by atoms with Crippen LogP contribution in [0.25, 0.3) is 0 Å². The van der Waals surface area contributed by atoms with Crippen LogP contribution in [-0.2, 0) is 6.54 Å². The number of H-pyrrole nitrogens is 1. The van der Waals surface area contributed by atoms with Gasteiger partial charge in [-0.3, -0.25) is 19.4 Å². The van der Waals surface area contributed by atoms with Gasteiger partial charge in [0, 0.05) is 6.54 Å². The minimum Gasteiger partial charge on any atom is -0.622 e. The molecule has 7 heteroatoms. The Morgan fingerprint density at radius 2 is 2.11 bits per heavy atom. The Morgan fingerprint density at radius 3 is 2.72 bits per heavy atom. The highest BCUT2D eigenvalue weighted by Gasteiger charge is 2.29. The molecule has 0 aliphatic carbocycles. The van der Waals surface area contributed by atoms with E-state index in [1.165, 1.54) is 16.7 Å². The zero-order valence-corrected chi connectivity index (χ0v) is 9.60. The molecule has 1 atom stereocenters. The fourth-order valence-electron chi connectivity index (χ4n) is 1.78. The second-order valence-electron chi connectivity index (χ2n) is 3.74. The number of hydrogen-bond acceptors (Lipinski definition) is 4. The molecule has 1 aliphatic rings. The predicted molar refractivity (Wildman–Crippen MR) is 67.4 cm³/mol. The first-order valence-electron chi connectivity index (χ1n) is 5.31. The molecule has 7 nitrogen and oxygen atoms in total. The number of aromatic nitrogens is 2. The number of aromatic amines is 1. The molecule has 0 saturated heterocycles. The number of nitrogens with zero attached hydrogens (tertiary/aromatic N) is 2. The summed E-state index contributed by atoms with van der Waals surface area (Å²) in [5, 5.41) is 11.5. The first-order valence-corrected chi connectivity index (χ1v) is 5.31. The van der Waals surface area contributed by atoms with Crippen LogP contribution in [-0.4, -0.2) is 15.4 Å². The molecule has 0 amide bonds. The number of aliphatic imine (C=N–C) groups is 1. The zero-order chi connectivity index (χ0) is 13.3. The third kappa shape index (κ3) is 1.75. The van der Waals surface area contributed by atoms with Gasteiger partial charge in [-0.2, -0.15) is 4.99 Å². The summed E-state index contributed by atoms with van der Waals surface area (Å²) in [6, 6.07) is 0. The molecular weight excluding hydrogens is 236 g/mol. The molecule has 0 radical (unpaired) electrons. The van der Waals surface area contributed by atoms with Crippen molar-refractivity contribution in [2.24, 2.45) is 4.99 Å². The highest BCUT2D eigenvalue weighted by atomic mass is 16.5. The molecule has 1 aliphatic heterocycles. The summed E-state index contributed by atoms with van der Waals surface area (Å²) in [7, 11) is 0. The highest BCUT2D eigenvalue weighted by Crippen LogP contribution is 2.20. The number of nitrogens with one attached hydrogen (secondary N) is 2. The Hall–Kier alpha value is -2.25. The number of hydrogen-bond donors (Lipinski definition) is 2. The van der Waals surface area contributed by atoms with Crippen molar-refractivity contribution in [2.75, 3.05) is 0 Å². The van der Waals surface area contributed by atoms with Gasteiger partial charge in [-0.1, -0.05) is 12.2 Å². The maximum atomic E-state index is 11.9. The smallest absolute Gasteiger partial charge is 0.330 e. The molecule has 18 heavy (non-hydrogen) atoms. The van der Waals surface area contributed by atoms with E-state index < -0.39 is 16.3 Å². The Bertz CT molecular complexity index is 653. The number of hydroxylamine groups is 1. The van der Waals surface area contributed by atoms with Crippen LogP contribution in [0, 0.1) is 5.21 Å². The standard InChI is InChI=1S/C11H12N4O3/c1-3-5-7-12-9-8(15(7)18)10(16)13-11(17)14(9)6-4-2/h3-4,15H,1-2,5-6H2,(H,13,16,17). The minimum absolute atomic E-state index is 0.0895. The summed E-state index contributed by atoms with van der Waals surface area (Å²) in [6.07, 6.45) is 3.27. The van der Waals surface area contributed by atoms with E-state index in [4.69, 9.17) is 0 Å². The lowest BCUT2D eigenvalue weighted by molar-refractivity contribution is -0.666. The van der Waals surface area contributed by atoms with Crippen molar-refractivity contribution in [3.05, 3.63) is 51.4 Å². The van der Waals surface area contributed by atoms with Crippen LogP contribution in [0.1, 0.15) is 6.42 Å². The zero-order valence-electron chi connectivity index (χ0n) is 9.60. The fraction of sp³-hybridized carbons (Fsp3) is 0.182.